The number of hydrogen-bond acceptors (Lipinski definition) is 4. The number of piperidine rings is 1. The van der Waals surface area contributed by atoms with Crippen molar-refractivity contribution in [3.05, 3.63) is 64.1 Å². The van der Waals surface area contributed by atoms with Crippen molar-refractivity contribution >= 4 is 39.5 Å². The van der Waals surface area contributed by atoms with Crippen LogP contribution < -0.4 is 4.74 Å². The number of hydrogen-bond donors (Lipinski definition) is 0. The maximum atomic E-state index is 13.2. The Morgan fingerprint density at radius 3 is 2.38 bits per heavy atom. The first-order valence-corrected chi connectivity index (χ1v) is 11.5. The molecular formula is C22H23BrN2O3S. The highest BCUT2D eigenvalue weighted by Crippen LogP contribution is 2.44. The van der Waals surface area contributed by atoms with Crippen LogP contribution in [0.3, 0.4) is 0 Å². The van der Waals surface area contributed by atoms with Gasteiger partial charge in [-0.15, -0.1) is 11.8 Å². The number of nitrogens with zero attached hydrogens (tertiary/aromatic N) is 2. The maximum absolute atomic E-state index is 13.2. The first-order chi connectivity index (χ1) is 14.0. The summed E-state index contributed by atoms with van der Waals surface area (Å²) in [6, 6.07) is 14.9. The summed E-state index contributed by atoms with van der Waals surface area (Å²) >= 11 is 5.27. The summed E-state index contributed by atoms with van der Waals surface area (Å²) in [6.45, 7) is 2.02. The van der Waals surface area contributed by atoms with E-state index in [0.29, 0.717) is 30.0 Å². The molecule has 0 bridgehead atoms. The number of halogens is 1. The van der Waals surface area contributed by atoms with Gasteiger partial charge in [-0.2, -0.15) is 0 Å². The van der Waals surface area contributed by atoms with Crippen molar-refractivity contribution in [1.29, 1.82) is 0 Å². The molecule has 2 aliphatic heterocycles. The molecule has 2 aliphatic rings. The largest absolute Gasteiger partial charge is 0.496 e. The Bertz CT molecular complexity index is 911. The first kappa shape index (κ1) is 20.3. The second kappa shape index (κ2) is 8.40. The van der Waals surface area contributed by atoms with E-state index in [4.69, 9.17) is 4.74 Å². The van der Waals surface area contributed by atoms with Crippen molar-refractivity contribution < 1.29 is 14.3 Å². The molecule has 2 fully saturated rings. The fourth-order valence-electron chi connectivity index (χ4n) is 4.11. The number of para-hydroxylation sites is 1. The van der Waals surface area contributed by atoms with Crippen molar-refractivity contribution in [3.63, 3.8) is 0 Å². The lowest BCUT2D eigenvalue weighted by molar-refractivity contribution is 0.0496. The number of benzene rings is 2. The van der Waals surface area contributed by atoms with Crippen LogP contribution >= 0.6 is 27.7 Å². The normalized spacial score (nSPS) is 18.1. The Morgan fingerprint density at radius 1 is 1.00 bits per heavy atom. The molecule has 5 nitrogen and oxygen atoms in total. The van der Waals surface area contributed by atoms with Gasteiger partial charge in [-0.25, -0.2) is 0 Å². The first-order valence-electron chi connectivity index (χ1n) is 9.68. The second-order valence-corrected chi connectivity index (χ2v) is 9.62. The maximum Gasteiger partial charge on any atom is 0.257 e. The van der Waals surface area contributed by atoms with E-state index in [1.807, 2.05) is 64.0 Å². The molecule has 2 aromatic carbocycles. The SMILES string of the molecule is COc1ccccc1C(=O)N1CCC2(CC1)SCCN2C(=O)c1ccc(Br)cc1. The lowest BCUT2D eigenvalue weighted by Crippen LogP contribution is -2.53. The molecule has 4 rings (SSSR count). The van der Waals surface area contributed by atoms with Crippen molar-refractivity contribution in [1.82, 2.24) is 9.80 Å². The fraction of sp³-hybridized carbons (Fsp3) is 0.364. The van der Waals surface area contributed by atoms with Gasteiger partial charge in [-0.1, -0.05) is 28.1 Å². The van der Waals surface area contributed by atoms with Crippen LogP contribution in [0, 0.1) is 0 Å². The summed E-state index contributed by atoms with van der Waals surface area (Å²) in [5.74, 6) is 1.60. The molecule has 0 aromatic heterocycles. The van der Waals surface area contributed by atoms with Gasteiger partial charge >= 0.3 is 0 Å². The third-order valence-electron chi connectivity index (χ3n) is 5.68. The monoisotopic (exact) mass is 474 g/mol. The lowest BCUT2D eigenvalue weighted by Gasteiger charge is -2.44. The van der Waals surface area contributed by atoms with Crippen LogP contribution in [0.25, 0.3) is 0 Å². The summed E-state index contributed by atoms with van der Waals surface area (Å²) in [6.07, 6.45) is 1.56. The fourth-order valence-corrected chi connectivity index (χ4v) is 5.83. The van der Waals surface area contributed by atoms with Gasteiger partial charge < -0.3 is 14.5 Å². The van der Waals surface area contributed by atoms with E-state index in [9.17, 15) is 9.59 Å². The van der Waals surface area contributed by atoms with Gasteiger partial charge in [-0.3, -0.25) is 9.59 Å². The summed E-state index contributed by atoms with van der Waals surface area (Å²) < 4.78 is 6.31. The van der Waals surface area contributed by atoms with E-state index in [0.717, 1.165) is 29.6 Å². The van der Waals surface area contributed by atoms with Crippen LogP contribution in [0.4, 0.5) is 0 Å². The molecule has 0 atom stereocenters. The molecule has 2 aromatic rings. The molecule has 1 spiro atoms. The van der Waals surface area contributed by atoms with Crippen LogP contribution in [0.5, 0.6) is 5.75 Å². The van der Waals surface area contributed by atoms with Gasteiger partial charge in [0, 0.05) is 35.4 Å². The van der Waals surface area contributed by atoms with Crippen molar-refractivity contribution in [2.45, 2.75) is 17.7 Å². The number of carbonyl (C=O) groups is 2. The van der Waals surface area contributed by atoms with Crippen LogP contribution in [0.15, 0.2) is 53.0 Å². The van der Waals surface area contributed by atoms with Crippen molar-refractivity contribution in [2.24, 2.45) is 0 Å². The molecule has 0 unspecified atom stereocenters. The number of methoxy groups -OCH3 is 1. The molecule has 29 heavy (non-hydrogen) atoms. The summed E-state index contributed by atoms with van der Waals surface area (Å²) in [5.41, 5.74) is 1.30. The highest BCUT2D eigenvalue weighted by molar-refractivity contribution is 9.10. The Labute approximate surface area is 183 Å². The van der Waals surface area contributed by atoms with Crippen LogP contribution in [0.2, 0.25) is 0 Å². The average molecular weight is 475 g/mol. The number of rotatable bonds is 3. The number of amides is 2. The summed E-state index contributed by atoms with van der Waals surface area (Å²) in [5, 5.41) is 0. The Balaban J connectivity index is 1.48. The van der Waals surface area contributed by atoms with E-state index in [1.54, 1.807) is 13.2 Å². The molecular weight excluding hydrogens is 452 g/mol. The second-order valence-electron chi connectivity index (χ2n) is 7.25. The third-order valence-corrected chi connectivity index (χ3v) is 7.76. The average Bonchev–Trinajstić information content (AvgIpc) is 3.16. The van der Waals surface area contributed by atoms with Gasteiger partial charge in [0.15, 0.2) is 0 Å². The van der Waals surface area contributed by atoms with E-state index in [-0.39, 0.29) is 16.7 Å². The van der Waals surface area contributed by atoms with E-state index >= 15 is 0 Å². The zero-order valence-electron chi connectivity index (χ0n) is 16.3. The minimum absolute atomic E-state index is 0.00826. The van der Waals surface area contributed by atoms with Crippen LogP contribution in [-0.4, -0.2) is 59.0 Å². The van der Waals surface area contributed by atoms with Gasteiger partial charge in [0.2, 0.25) is 0 Å². The predicted octanol–water partition coefficient (Wildman–Crippen LogP) is 4.28. The summed E-state index contributed by atoms with van der Waals surface area (Å²) in [7, 11) is 1.58. The van der Waals surface area contributed by atoms with E-state index < -0.39 is 0 Å². The quantitative estimate of drug-likeness (QED) is 0.665. The van der Waals surface area contributed by atoms with Crippen LogP contribution in [0.1, 0.15) is 33.6 Å². The van der Waals surface area contributed by atoms with Crippen LogP contribution in [-0.2, 0) is 0 Å². The van der Waals surface area contributed by atoms with E-state index in [1.165, 1.54) is 0 Å². The number of thioether (sulfide) groups is 1. The Morgan fingerprint density at radius 2 is 1.69 bits per heavy atom. The third kappa shape index (κ3) is 3.90. The van der Waals surface area contributed by atoms with Gasteiger partial charge in [0.25, 0.3) is 11.8 Å². The molecule has 0 aliphatic carbocycles. The van der Waals surface area contributed by atoms with Crippen molar-refractivity contribution in [2.75, 3.05) is 32.5 Å². The van der Waals surface area contributed by atoms with E-state index in [2.05, 4.69) is 15.9 Å². The number of likely N-dealkylation sites (tertiary alicyclic amines) is 1. The molecule has 0 radical (unpaired) electrons. The molecule has 152 valence electrons. The highest BCUT2D eigenvalue weighted by Gasteiger charge is 2.47. The zero-order chi connectivity index (χ0) is 20.4. The molecule has 2 amide bonds. The Kier molecular flexibility index (Phi) is 5.88. The molecule has 2 heterocycles. The zero-order valence-corrected chi connectivity index (χ0v) is 18.7. The smallest absolute Gasteiger partial charge is 0.257 e. The lowest BCUT2D eigenvalue weighted by atomic mass is 10.00. The van der Waals surface area contributed by atoms with Gasteiger partial charge in [-0.05, 0) is 49.2 Å². The Hall–Kier alpha value is -1.99. The minimum Gasteiger partial charge on any atom is -0.496 e. The van der Waals surface area contributed by atoms with Gasteiger partial charge in [0.1, 0.15) is 5.75 Å². The topological polar surface area (TPSA) is 49.9 Å². The molecule has 2 saturated heterocycles. The standard InChI is InChI=1S/C22H23BrN2O3S/c1-28-19-5-3-2-4-18(19)21(27)24-12-10-22(11-13-24)25(14-15-29-22)20(26)16-6-8-17(23)9-7-16/h2-9H,10-15H2,1H3. The molecule has 0 saturated carbocycles. The summed E-state index contributed by atoms with van der Waals surface area (Å²) in [4.78, 5) is 29.8. The molecule has 0 N–H and O–H groups in total. The van der Waals surface area contributed by atoms with Gasteiger partial charge in [0.05, 0.1) is 17.5 Å². The minimum atomic E-state index is -0.221. The van der Waals surface area contributed by atoms with Crippen molar-refractivity contribution in [3.8, 4) is 5.75 Å². The predicted molar refractivity (Wildman–Crippen MR) is 118 cm³/mol. The number of carbonyl (C=O) groups excluding carboxylic acids is 2. The highest BCUT2D eigenvalue weighted by atomic mass is 79.9. The number of ether oxygens (including phenoxy) is 1. The molecule has 7 heteroatoms.